The summed E-state index contributed by atoms with van der Waals surface area (Å²) in [5, 5.41) is 1.92. The molecule has 3 heterocycles. The minimum atomic E-state index is -3.69. The number of piperazine rings is 1. The number of rotatable bonds is 7. The number of carbonyl (C=O) groups excluding carboxylic acids is 1. The zero-order chi connectivity index (χ0) is 23.8. The van der Waals surface area contributed by atoms with E-state index in [1.165, 1.54) is 15.6 Å². The second-order valence-electron chi connectivity index (χ2n) is 8.50. The van der Waals surface area contributed by atoms with Crippen LogP contribution in [0.2, 0.25) is 5.02 Å². The van der Waals surface area contributed by atoms with Crippen LogP contribution >= 0.6 is 22.9 Å². The number of thiazole rings is 1. The van der Waals surface area contributed by atoms with Crippen molar-refractivity contribution in [2.24, 2.45) is 0 Å². The normalized spacial score (nSPS) is 15.6. The van der Waals surface area contributed by atoms with Crippen LogP contribution in [-0.4, -0.2) is 85.2 Å². The lowest BCUT2D eigenvalue weighted by molar-refractivity contribution is 0.0697. The molecular weight excluding hydrogens is 482 g/mol. The highest BCUT2D eigenvalue weighted by molar-refractivity contribution is 7.89. The summed E-state index contributed by atoms with van der Waals surface area (Å²) in [4.78, 5) is 25.4. The minimum Gasteiger partial charge on any atom is -0.345 e. The molecule has 2 aromatic heterocycles. The van der Waals surface area contributed by atoms with Crippen LogP contribution < -0.4 is 0 Å². The van der Waals surface area contributed by atoms with Gasteiger partial charge in [0.25, 0.3) is 15.9 Å². The molecule has 1 saturated heterocycles. The van der Waals surface area contributed by atoms with Crippen molar-refractivity contribution in [3.63, 3.8) is 0 Å². The molecule has 1 aliphatic rings. The van der Waals surface area contributed by atoms with Gasteiger partial charge in [-0.05, 0) is 64.7 Å². The molecular formula is C22H28ClN5O3S2. The van der Waals surface area contributed by atoms with E-state index < -0.39 is 10.0 Å². The molecule has 1 fully saturated rings. The lowest BCUT2D eigenvalue weighted by Gasteiger charge is -2.33. The number of aromatic amines is 1. The summed E-state index contributed by atoms with van der Waals surface area (Å²) in [6.07, 6.45) is 1.91. The molecule has 8 nitrogen and oxygen atoms in total. The average Bonchev–Trinajstić information content (AvgIpc) is 3.37. The van der Waals surface area contributed by atoms with Crippen molar-refractivity contribution < 1.29 is 13.2 Å². The van der Waals surface area contributed by atoms with Gasteiger partial charge in [-0.25, -0.2) is 13.4 Å². The molecule has 4 rings (SSSR count). The maximum absolute atomic E-state index is 13.1. The standard InChI is InChI=1S/C22H28ClN5O3S2/c1-15-19(5-4-8-26(2)3)32-21(24-15)22(29)27-9-11-28(12-10-27)33(30,31)20-14-16-13-17(23)6-7-18(16)25-20/h6-7,13-14,25H,4-5,8-12H2,1-3H3. The van der Waals surface area contributed by atoms with Crippen LogP contribution in [0.15, 0.2) is 29.3 Å². The Morgan fingerprint density at radius 2 is 1.94 bits per heavy atom. The molecule has 0 radical (unpaired) electrons. The molecule has 1 amide bonds. The van der Waals surface area contributed by atoms with Crippen LogP contribution in [0.1, 0.15) is 26.8 Å². The Bertz CT molecular complexity index is 1260. The molecule has 1 aromatic carbocycles. The third-order valence-electron chi connectivity index (χ3n) is 5.79. The minimum absolute atomic E-state index is 0.126. The van der Waals surface area contributed by atoms with Gasteiger partial charge in [0.15, 0.2) is 5.01 Å². The number of H-pyrrole nitrogens is 1. The van der Waals surface area contributed by atoms with Gasteiger partial charge in [0.2, 0.25) is 0 Å². The second kappa shape index (κ2) is 9.71. The summed E-state index contributed by atoms with van der Waals surface area (Å²) in [5.41, 5.74) is 1.62. The summed E-state index contributed by atoms with van der Waals surface area (Å²) in [6.45, 7) is 4.07. The van der Waals surface area contributed by atoms with E-state index in [1.807, 2.05) is 21.0 Å². The van der Waals surface area contributed by atoms with Gasteiger partial charge in [0.05, 0.1) is 5.69 Å². The van der Waals surface area contributed by atoms with E-state index in [-0.39, 0.29) is 24.0 Å². The third-order valence-corrected chi connectivity index (χ3v) is 9.05. The Labute approximate surface area is 203 Å². The highest BCUT2D eigenvalue weighted by atomic mass is 35.5. The SMILES string of the molecule is Cc1nc(C(=O)N2CCN(S(=O)(=O)c3cc4cc(Cl)ccc4[nH]3)CC2)sc1CCCN(C)C. The number of carbonyl (C=O) groups is 1. The lowest BCUT2D eigenvalue weighted by Crippen LogP contribution is -2.50. The van der Waals surface area contributed by atoms with Crippen molar-refractivity contribution in [1.82, 2.24) is 24.1 Å². The second-order valence-corrected chi connectivity index (χ2v) is 11.9. The number of benzene rings is 1. The average molecular weight is 510 g/mol. The van der Waals surface area contributed by atoms with E-state index in [0.717, 1.165) is 35.3 Å². The van der Waals surface area contributed by atoms with Crippen LogP contribution in [0, 0.1) is 6.92 Å². The van der Waals surface area contributed by atoms with Crippen molar-refractivity contribution in [2.75, 3.05) is 46.8 Å². The van der Waals surface area contributed by atoms with Crippen LogP contribution in [0.25, 0.3) is 10.9 Å². The van der Waals surface area contributed by atoms with Gasteiger partial charge < -0.3 is 14.8 Å². The molecule has 0 aliphatic carbocycles. The molecule has 1 aliphatic heterocycles. The van der Waals surface area contributed by atoms with Crippen LogP contribution in [-0.2, 0) is 16.4 Å². The van der Waals surface area contributed by atoms with Crippen molar-refractivity contribution >= 4 is 49.8 Å². The van der Waals surface area contributed by atoms with E-state index in [0.29, 0.717) is 28.6 Å². The van der Waals surface area contributed by atoms with Gasteiger partial charge >= 0.3 is 0 Å². The van der Waals surface area contributed by atoms with E-state index >= 15 is 0 Å². The molecule has 178 valence electrons. The number of hydrogen-bond acceptors (Lipinski definition) is 6. The van der Waals surface area contributed by atoms with Gasteiger partial charge in [-0.1, -0.05) is 11.6 Å². The first-order chi connectivity index (χ1) is 15.6. The molecule has 0 unspecified atom stereocenters. The Morgan fingerprint density at radius 3 is 2.64 bits per heavy atom. The monoisotopic (exact) mass is 509 g/mol. The van der Waals surface area contributed by atoms with Crippen molar-refractivity contribution in [2.45, 2.75) is 24.8 Å². The van der Waals surface area contributed by atoms with E-state index in [2.05, 4.69) is 14.9 Å². The molecule has 0 saturated carbocycles. The Balaban J connectivity index is 1.40. The number of hydrogen-bond donors (Lipinski definition) is 1. The van der Waals surface area contributed by atoms with Crippen molar-refractivity contribution in [3.8, 4) is 0 Å². The fraction of sp³-hybridized carbons (Fsp3) is 0.455. The zero-order valence-electron chi connectivity index (χ0n) is 19.0. The van der Waals surface area contributed by atoms with Crippen LogP contribution in [0.5, 0.6) is 0 Å². The van der Waals surface area contributed by atoms with Crippen molar-refractivity contribution in [1.29, 1.82) is 0 Å². The topological polar surface area (TPSA) is 89.6 Å². The summed E-state index contributed by atoms with van der Waals surface area (Å²) < 4.78 is 27.7. The number of aromatic nitrogens is 2. The summed E-state index contributed by atoms with van der Waals surface area (Å²) in [6, 6.07) is 6.81. The van der Waals surface area contributed by atoms with Crippen molar-refractivity contribution in [3.05, 3.63) is 44.9 Å². The van der Waals surface area contributed by atoms with E-state index in [9.17, 15) is 13.2 Å². The predicted molar refractivity (Wildman–Crippen MR) is 132 cm³/mol. The first-order valence-corrected chi connectivity index (χ1v) is 13.5. The molecule has 0 atom stereocenters. The largest absolute Gasteiger partial charge is 0.345 e. The Kier molecular flexibility index (Phi) is 7.11. The van der Waals surface area contributed by atoms with E-state index in [1.54, 1.807) is 29.2 Å². The van der Waals surface area contributed by atoms with Gasteiger partial charge in [-0.2, -0.15) is 4.31 Å². The number of nitrogens with zero attached hydrogens (tertiary/aromatic N) is 4. The Morgan fingerprint density at radius 1 is 1.21 bits per heavy atom. The molecule has 0 spiro atoms. The number of halogens is 1. The van der Waals surface area contributed by atoms with E-state index in [4.69, 9.17) is 11.6 Å². The molecule has 0 bridgehead atoms. The number of fused-ring (bicyclic) bond motifs is 1. The predicted octanol–water partition coefficient (Wildman–Crippen LogP) is 3.23. The molecule has 33 heavy (non-hydrogen) atoms. The number of nitrogens with one attached hydrogen (secondary N) is 1. The zero-order valence-corrected chi connectivity index (χ0v) is 21.4. The van der Waals surface area contributed by atoms with Gasteiger partial charge in [0.1, 0.15) is 5.03 Å². The quantitative estimate of drug-likeness (QED) is 0.528. The highest BCUT2D eigenvalue weighted by Gasteiger charge is 2.32. The molecule has 11 heteroatoms. The summed E-state index contributed by atoms with van der Waals surface area (Å²) in [7, 11) is 0.397. The maximum Gasteiger partial charge on any atom is 0.282 e. The van der Waals surface area contributed by atoms with Gasteiger partial charge in [-0.15, -0.1) is 11.3 Å². The molecule has 3 aromatic rings. The number of sulfonamides is 1. The van der Waals surface area contributed by atoms with Gasteiger partial charge in [-0.3, -0.25) is 4.79 Å². The van der Waals surface area contributed by atoms with Crippen LogP contribution in [0.4, 0.5) is 0 Å². The fourth-order valence-corrected chi connectivity index (χ4v) is 6.62. The summed E-state index contributed by atoms with van der Waals surface area (Å²) >= 11 is 7.47. The lowest BCUT2D eigenvalue weighted by atomic mass is 10.2. The van der Waals surface area contributed by atoms with Crippen LogP contribution in [0.3, 0.4) is 0 Å². The third kappa shape index (κ3) is 5.25. The highest BCUT2D eigenvalue weighted by Crippen LogP contribution is 2.26. The summed E-state index contributed by atoms with van der Waals surface area (Å²) in [5.74, 6) is -0.126. The van der Waals surface area contributed by atoms with Gasteiger partial charge in [0, 0.05) is 47.0 Å². The fourth-order valence-electron chi connectivity index (χ4n) is 3.93. The molecule has 1 N–H and O–H groups in total. The smallest absolute Gasteiger partial charge is 0.282 e. The Hall–Kier alpha value is -1.98. The number of amides is 1. The maximum atomic E-state index is 13.1. The number of aryl methyl sites for hydroxylation is 2. The first kappa shape index (κ1) is 24.2. The first-order valence-electron chi connectivity index (χ1n) is 10.8.